The Bertz CT molecular complexity index is 374. The molecule has 0 radical (unpaired) electrons. The summed E-state index contributed by atoms with van der Waals surface area (Å²) in [5.41, 5.74) is 0.881. The molecule has 0 N–H and O–H groups in total. The zero-order chi connectivity index (χ0) is 11.3. The van der Waals surface area contributed by atoms with Gasteiger partial charge in [0, 0.05) is 10.9 Å². The summed E-state index contributed by atoms with van der Waals surface area (Å²) in [6.45, 7) is 0. The third-order valence-electron chi connectivity index (χ3n) is 1.91. The number of hydrogen-bond donors (Lipinski definition) is 0. The number of carbonyl (C=O) groups excluding carboxylic acids is 2. The Kier molecular flexibility index (Phi) is 4.49. The molecule has 0 unspecified atom stereocenters. The lowest BCUT2D eigenvalue weighted by Gasteiger charge is -2.02. The summed E-state index contributed by atoms with van der Waals surface area (Å²) in [5, 5.41) is 0. The van der Waals surface area contributed by atoms with Gasteiger partial charge in [0.2, 0.25) is 0 Å². The van der Waals surface area contributed by atoms with Gasteiger partial charge in [0.1, 0.15) is 12.2 Å². The summed E-state index contributed by atoms with van der Waals surface area (Å²) in [4.78, 5) is 22.3. The van der Waals surface area contributed by atoms with Gasteiger partial charge in [-0.2, -0.15) is 0 Å². The van der Waals surface area contributed by atoms with Crippen molar-refractivity contribution < 1.29 is 14.3 Å². The van der Waals surface area contributed by atoms with E-state index in [0.29, 0.717) is 0 Å². The van der Waals surface area contributed by atoms with Crippen LogP contribution in [0.2, 0.25) is 0 Å². The molecule has 1 aromatic rings. The van der Waals surface area contributed by atoms with Gasteiger partial charge in [0.25, 0.3) is 0 Å². The lowest BCUT2D eigenvalue weighted by molar-refractivity contribution is -0.143. The molecule has 3 nitrogen and oxygen atoms in total. The van der Waals surface area contributed by atoms with Gasteiger partial charge in [0.15, 0.2) is 0 Å². The summed E-state index contributed by atoms with van der Waals surface area (Å²) in [6, 6.07) is 7.43. The first-order valence-electron chi connectivity index (χ1n) is 4.45. The minimum atomic E-state index is -0.493. The lowest BCUT2D eigenvalue weighted by atomic mass is 10.1. The number of halogens is 1. The average Bonchev–Trinajstić information content (AvgIpc) is 2.21. The molecule has 1 rings (SSSR count). The SMILES string of the molecule is COC(=O)CC(=O)Cc1ccccc1Br. The molecule has 0 saturated heterocycles. The Morgan fingerprint density at radius 1 is 1.33 bits per heavy atom. The molecular weight excluding hydrogens is 260 g/mol. The molecule has 0 aliphatic heterocycles. The van der Waals surface area contributed by atoms with E-state index in [4.69, 9.17) is 0 Å². The highest BCUT2D eigenvalue weighted by Crippen LogP contribution is 2.16. The highest BCUT2D eigenvalue weighted by Gasteiger charge is 2.11. The maximum atomic E-state index is 11.4. The van der Waals surface area contributed by atoms with Crippen molar-refractivity contribution in [1.82, 2.24) is 0 Å². The normalized spacial score (nSPS) is 9.73. The maximum Gasteiger partial charge on any atom is 0.313 e. The van der Waals surface area contributed by atoms with Gasteiger partial charge in [-0.3, -0.25) is 9.59 Å². The summed E-state index contributed by atoms with van der Waals surface area (Å²) >= 11 is 3.34. The zero-order valence-corrected chi connectivity index (χ0v) is 9.91. The largest absolute Gasteiger partial charge is 0.469 e. The number of ketones is 1. The number of hydrogen-bond acceptors (Lipinski definition) is 3. The van der Waals surface area contributed by atoms with Crippen LogP contribution in [0.25, 0.3) is 0 Å². The highest BCUT2D eigenvalue weighted by molar-refractivity contribution is 9.10. The number of benzene rings is 1. The molecule has 4 heteroatoms. The number of rotatable bonds is 4. The van der Waals surface area contributed by atoms with Crippen LogP contribution in [0.4, 0.5) is 0 Å². The van der Waals surface area contributed by atoms with E-state index in [9.17, 15) is 9.59 Å². The van der Waals surface area contributed by atoms with Crippen molar-refractivity contribution >= 4 is 27.7 Å². The molecule has 0 amide bonds. The van der Waals surface area contributed by atoms with Gasteiger partial charge in [0.05, 0.1) is 7.11 Å². The van der Waals surface area contributed by atoms with Crippen molar-refractivity contribution in [2.45, 2.75) is 12.8 Å². The lowest BCUT2D eigenvalue weighted by Crippen LogP contribution is -2.11. The van der Waals surface area contributed by atoms with Crippen LogP contribution in [0.3, 0.4) is 0 Å². The molecule has 15 heavy (non-hydrogen) atoms. The van der Waals surface area contributed by atoms with E-state index in [2.05, 4.69) is 20.7 Å². The fraction of sp³-hybridized carbons (Fsp3) is 0.273. The second kappa shape index (κ2) is 5.66. The van der Waals surface area contributed by atoms with Crippen LogP contribution in [-0.2, 0) is 20.7 Å². The zero-order valence-electron chi connectivity index (χ0n) is 8.33. The first-order valence-corrected chi connectivity index (χ1v) is 5.24. The van der Waals surface area contributed by atoms with Gasteiger partial charge < -0.3 is 4.74 Å². The van der Waals surface area contributed by atoms with Crippen LogP contribution in [-0.4, -0.2) is 18.9 Å². The van der Waals surface area contributed by atoms with Crippen LogP contribution < -0.4 is 0 Å². The monoisotopic (exact) mass is 270 g/mol. The highest BCUT2D eigenvalue weighted by atomic mass is 79.9. The first-order chi connectivity index (χ1) is 7.13. The number of Topliss-reactive ketones (excluding diaryl/α,β-unsaturated/α-hetero) is 1. The summed E-state index contributed by atoms with van der Waals surface area (Å²) in [5.74, 6) is -0.638. The number of ether oxygens (including phenoxy) is 1. The van der Waals surface area contributed by atoms with Crippen molar-refractivity contribution in [3.05, 3.63) is 34.3 Å². The fourth-order valence-corrected chi connectivity index (χ4v) is 1.57. The van der Waals surface area contributed by atoms with E-state index in [1.54, 1.807) is 0 Å². The number of carbonyl (C=O) groups is 2. The summed E-state index contributed by atoms with van der Waals surface area (Å²) in [6.07, 6.45) is 0.0777. The first kappa shape index (κ1) is 11.9. The van der Waals surface area contributed by atoms with E-state index < -0.39 is 5.97 Å². The van der Waals surface area contributed by atoms with Crippen molar-refractivity contribution in [3.8, 4) is 0 Å². The summed E-state index contributed by atoms with van der Waals surface area (Å²) < 4.78 is 5.30. The molecular formula is C11H11BrO3. The standard InChI is InChI=1S/C11H11BrO3/c1-15-11(14)7-9(13)6-8-4-2-3-5-10(8)12/h2-5H,6-7H2,1H3. The Balaban J connectivity index is 2.59. The van der Waals surface area contributed by atoms with Crippen LogP contribution in [0.5, 0.6) is 0 Å². The van der Waals surface area contributed by atoms with Crippen molar-refractivity contribution in [2.24, 2.45) is 0 Å². The molecule has 0 aliphatic rings. The molecule has 0 aliphatic carbocycles. The minimum absolute atomic E-state index is 0.145. The van der Waals surface area contributed by atoms with Gasteiger partial charge >= 0.3 is 5.97 Å². The van der Waals surface area contributed by atoms with Crippen LogP contribution >= 0.6 is 15.9 Å². The average molecular weight is 271 g/mol. The molecule has 0 saturated carbocycles. The Morgan fingerprint density at radius 2 is 2.00 bits per heavy atom. The van der Waals surface area contributed by atoms with E-state index in [0.717, 1.165) is 10.0 Å². The fourth-order valence-electron chi connectivity index (χ4n) is 1.15. The quantitative estimate of drug-likeness (QED) is 0.622. The van der Waals surface area contributed by atoms with Crippen LogP contribution in [0.15, 0.2) is 28.7 Å². The molecule has 0 bridgehead atoms. The van der Waals surface area contributed by atoms with Crippen LogP contribution in [0, 0.1) is 0 Å². The van der Waals surface area contributed by atoms with Gasteiger partial charge in [-0.25, -0.2) is 0 Å². The maximum absolute atomic E-state index is 11.4. The van der Waals surface area contributed by atoms with E-state index in [1.807, 2.05) is 24.3 Å². The topological polar surface area (TPSA) is 43.4 Å². The third kappa shape index (κ3) is 3.83. The van der Waals surface area contributed by atoms with E-state index >= 15 is 0 Å². The second-order valence-electron chi connectivity index (χ2n) is 3.06. The van der Waals surface area contributed by atoms with E-state index in [-0.39, 0.29) is 18.6 Å². The van der Waals surface area contributed by atoms with Gasteiger partial charge in [-0.05, 0) is 11.6 Å². The van der Waals surface area contributed by atoms with Crippen molar-refractivity contribution in [2.75, 3.05) is 7.11 Å². The predicted molar refractivity (Wildman–Crippen MR) is 59.5 cm³/mol. The van der Waals surface area contributed by atoms with Crippen molar-refractivity contribution in [3.63, 3.8) is 0 Å². The molecule has 0 fully saturated rings. The second-order valence-corrected chi connectivity index (χ2v) is 3.91. The van der Waals surface area contributed by atoms with E-state index in [1.165, 1.54) is 7.11 Å². The Labute approximate surface area is 96.6 Å². The van der Waals surface area contributed by atoms with Crippen molar-refractivity contribution in [1.29, 1.82) is 0 Å². The molecule has 0 atom stereocenters. The minimum Gasteiger partial charge on any atom is -0.469 e. The third-order valence-corrected chi connectivity index (χ3v) is 2.69. The number of esters is 1. The van der Waals surface area contributed by atoms with Crippen LogP contribution in [0.1, 0.15) is 12.0 Å². The predicted octanol–water partition coefficient (Wildman–Crippen LogP) is 2.12. The molecule has 80 valence electrons. The Hall–Kier alpha value is -1.16. The molecule has 0 spiro atoms. The molecule has 1 aromatic carbocycles. The number of methoxy groups -OCH3 is 1. The molecule has 0 aromatic heterocycles. The summed E-state index contributed by atoms with van der Waals surface area (Å²) in [7, 11) is 1.27. The van der Waals surface area contributed by atoms with Gasteiger partial charge in [-0.1, -0.05) is 34.1 Å². The smallest absolute Gasteiger partial charge is 0.313 e. The Morgan fingerprint density at radius 3 is 2.60 bits per heavy atom. The van der Waals surface area contributed by atoms with Gasteiger partial charge in [-0.15, -0.1) is 0 Å². The molecule has 0 heterocycles.